The van der Waals surface area contributed by atoms with Crippen LogP contribution >= 0.6 is 0 Å². The number of hydrogen-bond donors (Lipinski definition) is 1. The molecule has 3 heterocycles. The smallest absolute Gasteiger partial charge is 0.261 e. The van der Waals surface area contributed by atoms with Gasteiger partial charge in [-0.2, -0.15) is 0 Å². The van der Waals surface area contributed by atoms with Crippen LogP contribution in [0.2, 0.25) is 0 Å². The predicted octanol–water partition coefficient (Wildman–Crippen LogP) is 0.0248. The van der Waals surface area contributed by atoms with Crippen LogP contribution in [0.1, 0.15) is 18.7 Å². The van der Waals surface area contributed by atoms with E-state index in [1.54, 1.807) is 22.8 Å². The standard InChI is InChI=1S/C17H19N3O5S/c21-16(18-11-5-7-26(23,24)10-11)9-25-12-3-4-14-13(8-12)17(22)20-6-1-2-15(20)19-14/h3-4,8,11H,1-2,5-7,9-10H2,(H,18,21). The van der Waals surface area contributed by atoms with Crippen LogP contribution in [0.3, 0.4) is 0 Å². The maximum Gasteiger partial charge on any atom is 0.261 e. The van der Waals surface area contributed by atoms with Crippen LogP contribution in [0.25, 0.3) is 10.9 Å². The highest BCUT2D eigenvalue weighted by Gasteiger charge is 2.28. The van der Waals surface area contributed by atoms with Crippen molar-refractivity contribution >= 4 is 26.6 Å². The van der Waals surface area contributed by atoms with Crippen molar-refractivity contribution in [2.24, 2.45) is 0 Å². The molecule has 1 atom stereocenters. The number of fused-ring (bicyclic) bond motifs is 2. The van der Waals surface area contributed by atoms with E-state index in [1.165, 1.54) is 0 Å². The number of nitrogens with zero attached hydrogens (tertiary/aromatic N) is 2. The number of hydrogen-bond acceptors (Lipinski definition) is 6. The third-order valence-corrected chi connectivity index (χ3v) is 6.52. The van der Waals surface area contributed by atoms with Crippen LogP contribution in [0.5, 0.6) is 5.75 Å². The van der Waals surface area contributed by atoms with Gasteiger partial charge in [0.15, 0.2) is 16.4 Å². The first-order valence-electron chi connectivity index (χ1n) is 8.57. The Kier molecular flexibility index (Phi) is 4.18. The van der Waals surface area contributed by atoms with Crippen molar-refractivity contribution in [3.63, 3.8) is 0 Å². The molecule has 8 nitrogen and oxygen atoms in total. The molecule has 0 radical (unpaired) electrons. The Bertz CT molecular complexity index is 1040. The number of aromatic nitrogens is 2. The summed E-state index contributed by atoms with van der Waals surface area (Å²) in [7, 11) is -3.04. The average Bonchev–Trinajstić information content (AvgIpc) is 3.19. The van der Waals surface area contributed by atoms with E-state index in [0.717, 1.165) is 18.7 Å². The summed E-state index contributed by atoms with van der Waals surface area (Å²) < 4.78 is 30.0. The summed E-state index contributed by atoms with van der Waals surface area (Å²) in [6, 6.07) is 4.63. The van der Waals surface area contributed by atoms with Crippen LogP contribution in [0, 0.1) is 0 Å². The second-order valence-corrected chi connectivity index (χ2v) is 8.95. The normalized spacial score (nSPS) is 20.8. The van der Waals surface area contributed by atoms with E-state index in [1.807, 2.05) is 0 Å². The van der Waals surface area contributed by atoms with Gasteiger partial charge in [-0.15, -0.1) is 0 Å². The summed E-state index contributed by atoms with van der Waals surface area (Å²) >= 11 is 0. The van der Waals surface area contributed by atoms with Gasteiger partial charge in [0.05, 0.1) is 22.4 Å². The van der Waals surface area contributed by atoms with Crippen molar-refractivity contribution in [2.45, 2.75) is 31.8 Å². The van der Waals surface area contributed by atoms with Gasteiger partial charge in [-0.25, -0.2) is 13.4 Å². The fraction of sp³-hybridized carbons (Fsp3) is 0.471. The maximum absolute atomic E-state index is 12.5. The van der Waals surface area contributed by atoms with Crippen molar-refractivity contribution in [3.8, 4) is 5.75 Å². The Morgan fingerprint density at radius 2 is 2.23 bits per heavy atom. The third kappa shape index (κ3) is 3.31. The quantitative estimate of drug-likeness (QED) is 0.805. The highest BCUT2D eigenvalue weighted by Crippen LogP contribution is 2.20. The molecule has 0 aliphatic carbocycles. The third-order valence-electron chi connectivity index (χ3n) is 4.75. The van der Waals surface area contributed by atoms with Crippen molar-refractivity contribution < 1.29 is 17.9 Å². The van der Waals surface area contributed by atoms with Crippen molar-refractivity contribution in [3.05, 3.63) is 34.4 Å². The first kappa shape index (κ1) is 17.0. The average molecular weight is 377 g/mol. The van der Waals surface area contributed by atoms with E-state index >= 15 is 0 Å². The fourth-order valence-electron chi connectivity index (χ4n) is 3.48. The molecule has 26 heavy (non-hydrogen) atoms. The molecule has 4 rings (SSSR count). The zero-order chi connectivity index (χ0) is 18.3. The predicted molar refractivity (Wildman–Crippen MR) is 95.0 cm³/mol. The number of aryl methyl sites for hydroxylation is 1. The summed E-state index contributed by atoms with van der Waals surface area (Å²) in [5.74, 6) is 0.912. The van der Waals surface area contributed by atoms with Crippen molar-refractivity contribution in [1.29, 1.82) is 0 Å². The second kappa shape index (κ2) is 6.39. The molecule has 0 bridgehead atoms. The molecule has 1 fully saturated rings. The van der Waals surface area contributed by atoms with E-state index < -0.39 is 9.84 Å². The van der Waals surface area contributed by atoms with Gasteiger partial charge < -0.3 is 10.1 Å². The molecule has 9 heteroatoms. The first-order valence-corrected chi connectivity index (χ1v) is 10.4. The van der Waals surface area contributed by atoms with Crippen molar-refractivity contribution in [1.82, 2.24) is 14.9 Å². The summed E-state index contributed by atoms with van der Waals surface area (Å²) in [6.45, 7) is 0.441. The molecule has 0 saturated carbocycles. The number of rotatable bonds is 4. The molecule has 2 aliphatic rings. The lowest BCUT2D eigenvalue weighted by Gasteiger charge is -2.12. The molecule has 1 aromatic heterocycles. The van der Waals surface area contributed by atoms with Gasteiger partial charge >= 0.3 is 0 Å². The molecule has 138 valence electrons. The van der Waals surface area contributed by atoms with Gasteiger partial charge in [-0.3, -0.25) is 14.2 Å². The number of nitrogens with one attached hydrogen (secondary N) is 1. The monoisotopic (exact) mass is 377 g/mol. The number of amides is 1. The number of sulfone groups is 1. The molecule has 1 N–H and O–H groups in total. The van der Waals surface area contributed by atoms with E-state index in [9.17, 15) is 18.0 Å². The minimum absolute atomic E-state index is 0.0255. The maximum atomic E-state index is 12.5. The summed E-state index contributed by atoms with van der Waals surface area (Å²) in [4.78, 5) is 29.0. The van der Waals surface area contributed by atoms with Gasteiger partial charge in [0, 0.05) is 19.0 Å². The zero-order valence-electron chi connectivity index (χ0n) is 14.1. The van der Waals surface area contributed by atoms with Gasteiger partial charge in [0.25, 0.3) is 11.5 Å². The minimum Gasteiger partial charge on any atom is -0.484 e. The Balaban J connectivity index is 1.44. The summed E-state index contributed by atoms with van der Waals surface area (Å²) in [6.07, 6.45) is 2.15. The topological polar surface area (TPSA) is 107 Å². The molecule has 0 spiro atoms. The van der Waals surface area contributed by atoms with Crippen LogP contribution in [0.15, 0.2) is 23.0 Å². The van der Waals surface area contributed by atoms with Crippen LogP contribution in [-0.4, -0.2) is 48.0 Å². The van der Waals surface area contributed by atoms with Gasteiger partial charge in [0.2, 0.25) is 0 Å². The van der Waals surface area contributed by atoms with Crippen LogP contribution in [0.4, 0.5) is 0 Å². The highest BCUT2D eigenvalue weighted by atomic mass is 32.2. The van der Waals surface area contributed by atoms with Crippen LogP contribution in [-0.2, 0) is 27.6 Å². The molecule has 1 aromatic carbocycles. The Morgan fingerprint density at radius 1 is 1.38 bits per heavy atom. The minimum atomic E-state index is -3.04. The fourth-order valence-corrected chi connectivity index (χ4v) is 5.15. The lowest BCUT2D eigenvalue weighted by Crippen LogP contribution is -2.38. The molecule has 1 saturated heterocycles. The number of ether oxygens (including phenoxy) is 1. The molecule has 2 aliphatic heterocycles. The number of carbonyl (C=O) groups excluding carboxylic acids is 1. The van der Waals surface area contributed by atoms with Crippen LogP contribution < -0.4 is 15.6 Å². The van der Waals surface area contributed by atoms with E-state index in [4.69, 9.17) is 4.74 Å². The molecular formula is C17H19N3O5S. The second-order valence-electron chi connectivity index (χ2n) is 6.72. The Morgan fingerprint density at radius 3 is 3.00 bits per heavy atom. The number of carbonyl (C=O) groups is 1. The Labute approximate surface area is 150 Å². The lowest BCUT2D eigenvalue weighted by molar-refractivity contribution is -0.123. The molecule has 1 amide bonds. The lowest BCUT2D eigenvalue weighted by atomic mass is 10.2. The van der Waals surface area contributed by atoms with Gasteiger partial charge in [-0.05, 0) is 31.0 Å². The van der Waals surface area contributed by atoms with E-state index in [0.29, 0.717) is 29.6 Å². The summed E-state index contributed by atoms with van der Waals surface area (Å²) in [5, 5.41) is 3.13. The Hall–Kier alpha value is -2.42. The van der Waals surface area contributed by atoms with Gasteiger partial charge in [0.1, 0.15) is 11.6 Å². The highest BCUT2D eigenvalue weighted by molar-refractivity contribution is 7.91. The summed E-state index contributed by atoms with van der Waals surface area (Å²) in [5.41, 5.74) is 0.532. The first-order chi connectivity index (χ1) is 12.4. The van der Waals surface area contributed by atoms with E-state index in [-0.39, 0.29) is 35.6 Å². The van der Waals surface area contributed by atoms with Crippen molar-refractivity contribution in [2.75, 3.05) is 18.1 Å². The largest absolute Gasteiger partial charge is 0.484 e. The molecular weight excluding hydrogens is 358 g/mol. The van der Waals surface area contributed by atoms with Gasteiger partial charge in [-0.1, -0.05) is 0 Å². The number of benzene rings is 1. The SMILES string of the molecule is O=C(COc1ccc2nc3n(c(=O)c2c1)CCC3)NC1CCS(=O)(=O)C1. The van der Waals surface area contributed by atoms with E-state index in [2.05, 4.69) is 10.3 Å². The molecule has 2 aromatic rings. The molecule has 1 unspecified atom stereocenters. The zero-order valence-corrected chi connectivity index (χ0v) is 14.9.